The molecule has 7 heteroatoms. The Morgan fingerprint density at radius 2 is 1.68 bits per heavy atom. The van der Waals surface area contributed by atoms with Crippen LogP contribution in [0.1, 0.15) is 11.1 Å². The van der Waals surface area contributed by atoms with Gasteiger partial charge in [0.25, 0.3) is 0 Å². The van der Waals surface area contributed by atoms with E-state index >= 15 is 0 Å². The summed E-state index contributed by atoms with van der Waals surface area (Å²) in [4.78, 5) is 8.47. The van der Waals surface area contributed by atoms with Gasteiger partial charge in [-0.2, -0.15) is 0 Å². The van der Waals surface area contributed by atoms with Crippen molar-refractivity contribution >= 4 is 38.2 Å². The first-order valence-corrected chi connectivity index (χ1v) is 10.3. The van der Waals surface area contributed by atoms with Crippen molar-refractivity contribution in [3.63, 3.8) is 0 Å². The first-order chi connectivity index (χ1) is 11.9. The molecule has 130 valence electrons. The molecule has 0 bridgehead atoms. The number of anilines is 1. The molecule has 2 aromatic carbocycles. The lowest BCUT2D eigenvalue weighted by Gasteiger charge is -2.09. The van der Waals surface area contributed by atoms with E-state index in [0.29, 0.717) is 12.4 Å². The van der Waals surface area contributed by atoms with Crippen molar-refractivity contribution in [3.8, 4) is 0 Å². The third-order valence-electron chi connectivity index (χ3n) is 3.73. The summed E-state index contributed by atoms with van der Waals surface area (Å²) in [5.74, 6) is 0.779. The zero-order valence-electron chi connectivity index (χ0n) is 13.7. The monoisotopic (exact) mass is 375 g/mol. The number of halogens is 1. The number of hydrogen-bond acceptors (Lipinski definition) is 5. The van der Waals surface area contributed by atoms with E-state index in [1.807, 2.05) is 48.5 Å². The maximum Gasteiger partial charge on any atom is 0.224 e. The van der Waals surface area contributed by atoms with E-state index in [1.54, 1.807) is 0 Å². The Morgan fingerprint density at radius 3 is 2.40 bits per heavy atom. The van der Waals surface area contributed by atoms with Crippen molar-refractivity contribution in [2.24, 2.45) is 0 Å². The van der Waals surface area contributed by atoms with Gasteiger partial charge in [0.15, 0.2) is 9.84 Å². The van der Waals surface area contributed by atoms with Crippen LogP contribution < -0.4 is 5.32 Å². The van der Waals surface area contributed by atoms with Gasteiger partial charge in [0.1, 0.15) is 5.82 Å². The Balaban J connectivity index is 1.65. The van der Waals surface area contributed by atoms with Gasteiger partial charge in [-0.15, -0.1) is 0 Å². The number of rotatable bonds is 6. The predicted octanol–water partition coefficient (Wildman–Crippen LogP) is 3.48. The molecule has 0 unspecified atom stereocenters. The average Bonchev–Trinajstić information content (AvgIpc) is 2.55. The normalized spacial score (nSPS) is 11.6. The van der Waals surface area contributed by atoms with Crippen LogP contribution in [0.5, 0.6) is 0 Å². The Bertz CT molecular complexity index is 989. The lowest BCUT2D eigenvalue weighted by atomic mass is 10.1. The average molecular weight is 376 g/mol. The third-order valence-corrected chi connectivity index (χ3v) is 4.76. The van der Waals surface area contributed by atoms with Gasteiger partial charge in [-0.1, -0.05) is 36.4 Å². The second kappa shape index (κ2) is 7.37. The standard InChI is InChI=1S/C18H18ClN3O2S/c1-25(23,24)12-14-8-6-13(7-9-14)10-11-20-17-15-4-2-3-5-16(15)21-18(19)22-17/h2-9H,10-12H2,1H3,(H,20,21,22). The largest absolute Gasteiger partial charge is 0.369 e. The van der Waals surface area contributed by atoms with Crippen molar-refractivity contribution in [1.82, 2.24) is 9.97 Å². The molecule has 0 aliphatic heterocycles. The number of sulfone groups is 1. The van der Waals surface area contributed by atoms with Crippen molar-refractivity contribution < 1.29 is 8.42 Å². The van der Waals surface area contributed by atoms with Crippen LogP contribution in [0.25, 0.3) is 10.9 Å². The van der Waals surface area contributed by atoms with E-state index < -0.39 is 9.84 Å². The van der Waals surface area contributed by atoms with E-state index in [-0.39, 0.29) is 11.0 Å². The van der Waals surface area contributed by atoms with Gasteiger partial charge in [0.2, 0.25) is 5.28 Å². The molecule has 0 saturated heterocycles. The van der Waals surface area contributed by atoms with E-state index in [4.69, 9.17) is 11.6 Å². The molecule has 0 radical (unpaired) electrons. The first-order valence-electron chi connectivity index (χ1n) is 7.82. The molecule has 0 aliphatic rings. The minimum atomic E-state index is -3.01. The zero-order valence-corrected chi connectivity index (χ0v) is 15.3. The Hall–Kier alpha value is -2.18. The Morgan fingerprint density at radius 1 is 1.00 bits per heavy atom. The van der Waals surface area contributed by atoms with Gasteiger partial charge in [0.05, 0.1) is 11.3 Å². The van der Waals surface area contributed by atoms with Crippen LogP contribution >= 0.6 is 11.6 Å². The molecule has 0 aliphatic carbocycles. The number of hydrogen-bond donors (Lipinski definition) is 1. The quantitative estimate of drug-likeness (QED) is 0.668. The lowest BCUT2D eigenvalue weighted by molar-refractivity contribution is 0.601. The van der Waals surface area contributed by atoms with Gasteiger partial charge in [-0.3, -0.25) is 0 Å². The smallest absolute Gasteiger partial charge is 0.224 e. The second-order valence-electron chi connectivity index (χ2n) is 5.92. The lowest BCUT2D eigenvalue weighted by Crippen LogP contribution is -2.08. The molecule has 0 fully saturated rings. The summed E-state index contributed by atoms with van der Waals surface area (Å²) in [6, 6.07) is 15.3. The SMILES string of the molecule is CS(=O)(=O)Cc1ccc(CCNc2nc(Cl)nc3ccccc23)cc1. The summed E-state index contributed by atoms with van der Waals surface area (Å²) in [6.07, 6.45) is 2.02. The van der Waals surface area contributed by atoms with Crippen molar-refractivity contribution in [2.45, 2.75) is 12.2 Å². The molecule has 0 atom stereocenters. The van der Waals surface area contributed by atoms with Gasteiger partial charge < -0.3 is 5.32 Å². The van der Waals surface area contributed by atoms with Crippen molar-refractivity contribution in [3.05, 3.63) is 64.9 Å². The fourth-order valence-corrected chi connectivity index (χ4v) is 3.59. The highest BCUT2D eigenvalue weighted by Gasteiger charge is 2.06. The third kappa shape index (κ3) is 4.90. The fourth-order valence-electron chi connectivity index (χ4n) is 2.61. The van der Waals surface area contributed by atoms with Crippen molar-refractivity contribution in [1.29, 1.82) is 0 Å². The molecule has 25 heavy (non-hydrogen) atoms. The van der Waals surface area contributed by atoms with Gasteiger partial charge in [-0.25, -0.2) is 18.4 Å². The van der Waals surface area contributed by atoms with Crippen LogP contribution in [0, 0.1) is 0 Å². The van der Waals surface area contributed by atoms with Gasteiger partial charge in [-0.05, 0) is 41.3 Å². The molecule has 0 amide bonds. The molecular weight excluding hydrogens is 358 g/mol. The number of nitrogens with zero attached hydrogens (tertiary/aromatic N) is 2. The zero-order chi connectivity index (χ0) is 17.9. The number of fused-ring (bicyclic) bond motifs is 1. The van der Waals surface area contributed by atoms with Crippen LogP contribution in [-0.2, 0) is 22.0 Å². The Kier molecular flexibility index (Phi) is 5.20. The van der Waals surface area contributed by atoms with Crippen LogP contribution in [0.15, 0.2) is 48.5 Å². The number of para-hydroxylation sites is 1. The summed E-state index contributed by atoms with van der Waals surface area (Å²) in [7, 11) is -3.01. The molecular formula is C18H18ClN3O2S. The summed E-state index contributed by atoms with van der Waals surface area (Å²) in [5.41, 5.74) is 2.72. The van der Waals surface area contributed by atoms with Crippen LogP contribution in [0.4, 0.5) is 5.82 Å². The highest BCUT2D eigenvalue weighted by Crippen LogP contribution is 2.21. The molecule has 3 aromatic rings. The maximum absolute atomic E-state index is 11.3. The highest BCUT2D eigenvalue weighted by molar-refractivity contribution is 7.89. The van der Waals surface area contributed by atoms with Gasteiger partial charge >= 0.3 is 0 Å². The van der Waals surface area contributed by atoms with E-state index in [2.05, 4.69) is 15.3 Å². The van der Waals surface area contributed by atoms with E-state index in [9.17, 15) is 8.42 Å². The van der Waals surface area contributed by atoms with Crippen molar-refractivity contribution in [2.75, 3.05) is 18.1 Å². The van der Waals surface area contributed by atoms with Crippen LogP contribution in [0.2, 0.25) is 5.28 Å². The fraction of sp³-hybridized carbons (Fsp3) is 0.222. The van der Waals surface area contributed by atoms with Crippen LogP contribution in [-0.4, -0.2) is 31.2 Å². The minimum Gasteiger partial charge on any atom is -0.369 e. The molecule has 3 rings (SSSR count). The topological polar surface area (TPSA) is 72.0 Å². The number of nitrogens with one attached hydrogen (secondary N) is 1. The van der Waals surface area contributed by atoms with E-state index in [0.717, 1.165) is 28.5 Å². The molecule has 5 nitrogen and oxygen atoms in total. The first kappa shape index (κ1) is 17.6. The van der Waals surface area contributed by atoms with Crippen LogP contribution in [0.3, 0.4) is 0 Å². The molecule has 1 N–H and O–H groups in total. The minimum absolute atomic E-state index is 0.0664. The highest BCUT2D eigenvalue weighted by atomic mass is 35.5. The summed E-state index contributed by atoms with van der Waals surface area (Å²) < 4.78 is 22.6. The van der Waals surface area contributed by atoms with Gasteiger partial charge in [0, 0.05) is 18.2 Å². The molecule has 1 aromatic heterocycles. The van der Waals surface area contributed by atoms with E-state index in [1.165, 1.54) is 6.26 Å². The molecule has 1 heterocycles. The second-order valence-corrected chi connectivity index (χ2v) is 8.40. The molecule has 0 saturated carbocycles. The summed E-state index contributed by atoms with van der Waals surface area (Å²) >= 11 is 5.98. The predicted molar refractivity (Wildman–Crippen MR) is 102 cm³/mol. The summed E-state index contributed by atoms with van der Waals surface area (Å²) in [5, 5.41) is 4.44. The Labute approximate surface area is 152 Å². The number of benzene rings is 2. The summed E-state index contributed by atoms with van der Waals surface area (Å²) in [6.45, 7) is 0.683. The molecule has 0 spiro atoms. The number of aromatic nitrogens is 2. The maximum atomic E-state index is 11.3.